The molecule has 0 bridgehead atoms. The van der Waals surface area contributed by atoms with Crippen molar-refractivity contribution in [1.29, 1.82) is 0 Å². The Morgan fingerprint density at radius 1 is 1.27 bits per heavy atom. The summed E-state index contributed by atoms with van der Waals surface area (Å²) in [6.07, 6.45) is 1.64. The zero-order valence-electron chi connectivity index (χ0n) is 14.2. The van der Waals surface area contributed by atoms with Crippen LogP contribution in [-0.2, 0) is 0 Å². The van der Waals surface area contributed by atoms with E-state index in [1.165, 1.54) is 19.2 Å². The smallest absolute Gasteiger partial charge is 0.276 e. The fraction of sp³-hybridized carbons (Fsp3) is 0.158. The minimum atomic E-state index is -0.503. The van der Waals surface area contributed by atoms with Crippen LogP contribution in [0.5, 0.6) is 5.75 Å². The molecule has 0 aliphatic heterocycles. The van der Waals surface area contributed by atoms with Crippen LogP contribution in [0.4, 0.5) is 4.39 Å². The van der Waals surface area contributed by atoms with Crippen molar-refractivity contribution >= 4 is 17.5 Å². The summed E-state index contributed by atoms with van der Waals surface area (Å²) in [6.45, 7) is 1.78. The first-order valence-electron chi connectivity index (χ1n) is 7.94. The predicted molar refractivity (Wildman–Crippen MR) is 97.4 cm³/mol. The lowest BCUT2D eigenvalue weighted by Gasteiger charge is -2.14. The molecule has 1 N–H and O–H groups in total. The monoisotopic (exact) mass is 373 g/mol. The molecule has 0 radical (unpaired) electrons. The third kappa shape index (κ3) is 3.70. The van der Waals surface area contributed by atoms with Gasteiger partial charge >= 0.3 is 0 Å². The number of ether oxygens (including phenoxy) is 1. The molecule has 2 aromatic carbocycles. The van der Waals surface area contributed by atoms with E-state index in [4.69, 9.17) is 16.3 Å². The van der Waals surface area contributed by atoms with Gasteiger partial charge in [-0.2, -0.15) is 5.10 Å². The van der Waals surface area contributed by atoms with Crippen LogP contribution in [0.15, 0.2) is 54.7 Å². The van der Waals surface area contributed by atoms with Gasteiger partial charge < -0.3 is 10.1 Å². The van der Waals surface area contributed by atoms with Crippen LogP contribution >= 0.6 is 11.6 Å². The first-order chi connectivity index (χ1) is 12.5. The number of hydrogen-bond acceptors (Lipinski definition) is 3. The van der Waals surface area contributed by atoms with Crippen LogP contribution in [0.3, 0.4) is 0 Å². The second-order valence-electron chi connectivity index (χ2n) is 5.69. The van der Waals surface area contributed by atoms with Gasteiger partial charge in [-0.05, 0) is 36.8 Å². The third-order valence-corrected chi connectivity index (χ3v) is 4.22. The fourth-order valence-electron chi connectivity index (χ4n) is 2.51. The van der Waals surface area contributed by atoms with Crippen LogP contribution < -0.4 is 10.1 Å². The van der Waals surface area contributed by atoms with Crippen LogP contribution in [-0.4, -0.2) is 22.8 Å². The molecule has 134 valence electrons. The Balaban J connectivity index is 1.83. The van der Waals surface area contributed by atoms with Crippen LogP contribution in [0.25, 0.3) is 5.69 Å². The van der Waals surface area contributed by atoms with Gasteiger partial charge in [-0.1, -0.05) is 35.9 Å². The molecule has 1 unspecified atom stereocenters. The molecule has 1 heterocycles. The van der Waals surface area contributed by atoms with Crippen molar-refractivity contribution in [2.45, 2.75) is 13.0 Å². The van der Waals surface area contributed by atoms with Gasteiger partial charge in [0.05, 0.1) is 30.1 Å². The predicted octanol–water partition coefficient (Wildman–Crippen LogP) is 4.16. The Kier molecular flexibility index (Phi) is 5.23. The van der Waals surface area contributed by atoms with Crippen molar-refractivity contribution in [3.8, 4) is 11.4 Å². The molecule has 7 heteroatoms. The summed E-state index contributed by atoms with van der Waals surface area (Å²) >= 11 is 5.81. The number of benzene rings is 2. The maximum atomic E-state index is 13.3. The molecule has 1 amide bonds. The Morgan fingerprint density at radius 2 is 2.00 bits per heavy atom. The number of carbonyl (C=O) groups excluding carboxylic acids is 1. The highest BCUT2D eigenvalue weighted by Crippen LogP contribution is 2.23. The number of nitrogens with zero attached hydrogens (tertiary/aromatic N) is 2. The van der Waals surface area contributed by atoms with Crippen LogP contribution in [0.1, 0.15) is 29.0 Å². The Bertz CT molecular complexity index is 928. The summed E-state index contributed by atoms with van der Waals surface area (Å²) in [7, 11) is 1.48. The number of rotatable bonds is 5. The Hall–Kier alpha value is -2.86. The molecule has 3 aromatic rings. The molecular weight excluding hydrogens is 357 g/mol. The Labute approximate surface area is 155 Å². The summed E-state index contributed by atoms with van der Waals surface area (Å²) < 4.78 is 20.2. The average molecular weight is 374 g/mol. The topological polar surface area (TPSA) is 56.2 Å². The summed E-state index contributed by atoms with van der Waals surface area (Å²) in [5.74, 6) is -0.544. The molecule has 3 rings (SSSR count). The van der Waals surface area contributed by atoms with Gasteiger partial charge in [-0.3, -0.25) is 4.79 Å². The summed E-state index contributed by atoms with van der Waals surface area (Å²) in [5.41, 5.74) is 1.66. The number of methoxy groups -OCH3 is 1. The molecule has 0 aliphatic rings. The van der Waals surface area contributed by atoms with Gasteiger partial charge in [0.1, 0.15) is 5.82 Å². The largest absolute Gasteiger partial charge is 0.493 e. The molecule has 0 aliphatic carbocycles. The quantitative estimate of drug-likeness (QED) is 0.730. The number of hydrogen-bond donors (Lipinski definition) is 1. The van der Waals surface area contributed by atoms with Crippen molar-refractivity contribution in [1.82, 2.24) is 15.1 Å². The van der Waals surface area contributed by atoms with Gasteiger partial charge in [0.25, 0.3) is 5.91 Å². The lowest BCUT2D eigenvalue weighted by molar-refractivity contribution is 0.0931. The molecule has 0 saturated heterocycles. The van der Waals surface area contributed by atoms with Crippen molar-refractivity contribution in [3.63, 3.8) is 0 Å². The highest BCUT2D eigenvalue weighted by molar-refractivity contribution is 6.30. The van der Waals surface area contributed by atoms with Gasteiger partial charge in [-0.25, -0.2) is 9.07 Å². The van der Waals surface area contributed by atoms with E-state index < -0.39 is 11.7 Å². The van der Waals surface area contributed by atoms with Crippen molar-refractivity contribution in [2.24, 2.45) is 0 Å². The van der Waals surface area contributed by atoms with Crippen LogP contribution in [0, 0.1) is 5.82 Å². The summed E-state index contributed by atoms with van der Waals surface area (Å²) in [6, 6.07) is 13.3. The lowest BCUT2D eigenvalue weighted by Crippen LogP contribution is -2.27. The summed E-state index contributed by atoms with van der Waals surface area (Å²) in [4.78, 5) is 12.6. The second-order valence-corrected chi connectivity index (χ2v) is 6.10. The van der Waals surface area contributed by atoms with E-state index in [9.17, 15) is 9.18 Å². The zero-order chi connectivity index (χ0) is 18.7. The molecule has 0 spiro atoms. The van der Waals surface area contributed by atoms with E-state index in [0.29, 0.717) is 11.3 Å². The van der Waals surface area contributed by atoms with Crippen molar-refractivity contribution in [2.75, 3.05) is 7.11 Å². The molecule has 1 atom stereocenters. The van der Waals surface area contributed by atoms with E-state index in [1.807, 2.05) is 30.3 Å². The zero-order valence-corrected chi connectivity index (χ0v) is 15.0. The molecular formula is C19H17ClFN3O2. The van der Waals surface area contributed by atoms with Gasteiger partial charge in [0.2, 0.25) is 0 Å². The maximum absolute atomic E-state index is 13.3. The van der Waals surface area contributed by atoms with Crippen LogP contribution in [0.2, 0.25) is 5.02 Å². The first-order valence-corrected chi connectivity index (χ1v) is 8.32. The van der Waals surface area contributed by atoms with E-state index >= 15 is 0 Å². The van der Waals surface area contributed by atoms with E-state index in [0.717, 1.165) is 5.69 Å². The number of halogens is 2. The second kappa shape index (κ2) is 7.58. The summed E-state index contributed by atoms with van der Waals surface area (Å²) in [5, 5.41) is 7.15. The number of nitrogens with one attached hydrogen (secondary N) is 1. The third-order valence-electron chi connectivity index (χ3n) is 3.93. The molecule has 0 fully saturated rings. The molecule has 0 saturated carbocycles. The van der Waals surface area contributed by atoms with E-state index in [-0.39, 0.29) is 16.8 Å². The standard InChI is InChI=1S/C19H17ClFN3O2/c1-12(13-8-9-16(21)15(20)10-13)22-19(25)18-17(26-2)11-24(23-18)14-6-4-3-5-7-14/h3-12H,1-2H3,(H,22,25). The molecule has 5 nitrogen and oxygen atoms in total. The van der Waals surface area contributed by atoms with Gasteiger partial charge in [0, 0.05) is 0 Å². The van der Waals surface area contributed by atoms with E-state index in [1.54, 1.807) is 23.9 Å². The Morgan fingerprint density at radius 3 is 2.65 bits per heavy atom. The van der Waals surface area contributed by atoms with Gasteiger partial charge in [0.15, 0.2) is 11.4 Å². The fourth-order valence-corrected chi connectivity index (χ4v) is 2.70. The van der Waals surface area contributed by atoms with Crippen molar-refractivity contribution < 1.29 is 13.9 Å². The highest BCUT2D eigenvalue weighted by atomic mass is 35.5. The normalized spacial score (nSPS) is 11.8. The molecule has 26 heavy (non-hydrogen) atoms. The lowest BCUT2D eigenvalue weighted by atomic mass is 10.1. The van der Waals surface area contributed by atoms with Crippen molar-refractivity contribution in [3.05, 3.63) is 76.8 Å². The minimum Gasteiger partial charge on any atom is -0.493 e. The number of para-hydroxylation sites is 1. The number of aromatic nitrogens is 2. The molecule has 1 aromatic heterocycles. The van der Waals surface area contributed by atoms with Gasteiger partial charge in [-0.15, -0.1) is 0 Å². The number of amides is 1. The SMILES string of the molecule is COc1cn(-c2ccccc2)nc1C(=O)NC(C)c1ccc(F)c(Cl)c1. The highest BCUT2D eigenvalue weighted by Gasteiger charge is 2.20. The minimum absolute atomic E-state index is 0.00883. The van der Waals surface area contributed by atoms with E-state index in [2.05, 4.69) is 10.4 Å². The first kappa shape index (κ1) is 17.9. The number of carbonyl (C=O) groups is 1. The average Bonchev–Trinajstić information content (AvgIpc) is 3.09. The maximum Gasteiger partial charge on any atom is 0.276 e.